The molecule has 0 fully saturated rings. The molecule has 0 atom stereocenters. The second kappa shape index (κ2) is 12.6. The number of ether oxygens (including phenoxy) is 2. The van der Waals surface area contributed by atoms with E-state index in [0.29, 0.717) is 18.7 Å². The van der Waals surface area contributed by atoms with Crippen LogP contribution < -0.4 is 15.0 Å². The molecule has 0 spiro atoms. The van der Waals surface area contributed by atoms with E-state index in [1.165, 1.54) is 7.11 Å². The van der Waals surface area contributed by atoms with Gasteiger partial charge < -0.3 is 19.9 Å². The monoisotopic (exact) mass is 428 g/mol. The van der Waals surface area contributed by atoms with Gasteiger partial charge in [-0.1, -0.05) is 44.0 Å². The maximum Gasteiger partial charge on any atom is 0.321 e. The fraction of sp³-hybridized carbons (Fsp3) is 0.417. The van der Waals surface area contributed by atoms with Crippen molar-refractivity contribution in [2.24, 2.45) is 0 Å². The third kappa shape index (κ3) is 7.61. The van der Waals surface area contributed by atoms with E-state index in [2.05, 4.69) is 12.2 Å². The van der Waals surface area contributed by atoms with Crippen LogP contribution in [0.1, 0.15) is 38.2 Å². The van der Waals surface area contributed by atoms with Gasteiger partial charge in [0.05, 0.1) is 0 Å². The quantitative estimate of drug-likeness (QED) is 0.378. The number of methoxy groups -OCH3 is 1. The average molecular weight is 429 g/mol. The Bertz CT molecular complexity index is 869. The van der Waals surface area contributed by atoms with Crippen LogP contribution in [0.15, 0.2) is 42.5 Å². The molecule has 0 saturated heterocycles. The highest BCUT2D eigenvalue weighted by molar-refractivity contribution is 5.92. The molecule has 0 saturated carbocycles. The Labute approximate surface area is 184 Å². The maximum absolute atomic E-state index is 12.4. The molecule has 2 N–H and O–H groups in total. The van der Waals surface area contributed by atoms with Gasteiger partial charge in [-0.3, -0.25) is 9.69 Å². The number of carbonyl (C=O) groups is 2. The van der Waals surface area contributed by atoms with Gasteiger partial charge in [-0.15, -0.1) is 0 Å². The van der Waals surface area contributed by atoms with E-state index in [0.717, 1.165) is 41.6 Å². The number of carboxylic acids is 1. The van der Waals surface area contributed by atoms with Crippen molar-refractivity contribution in [3.63, 3.8) is 0 Å². The van der Waals surface area contributed by atoms with Crippen molar-refractivity contribution < 1.29 is 24.2 Å². The number of nitrogens with zero attached hydrogens (tertiary/aromatic N) is 1. The minimum Gasteiger partial charge on any atom is -0.481 e. The van der Waals surface area contributed by atoms with E-state index < -0.39 is 5.97 Å². The highest BCUT2D eigenvalue weighted by Gasteiger charge is 2.13. The molecule has 0 bridgehead atoms. The van der Waals surface area contributed by atoms with Crippen LogP contribution in [0.3, 0.4) is 0 Å². The number of anilines is 1. The lowest BCUT2D eigenvalue weighted by Crippen LogP contribution is -2.37. The molecule has 0 unspecified atom stereocenters. The first kappa shape index (κ1) is 24.2. The van der Waals surface area contributed by atoms with Gasteiger partial charge in [0.2, 0.25) is 0 Å². The lowest BCUT2D eigenvalue weighted by Gasteiger charge is -2.19. The normalized spacial score (nSPS) is 10.5. The van der Waals surface area contributed by atoms with Gasteiger partial charge in [0, 0.05) is 32.8 Å². The fourth-order valence-corrected chi connectivity index (χ4v) is 3.14. The lowest BCUT2D eigenvalue weighted by molar-refractivity contribution is -0.136. The standard InChI is InChI=1S/C24H32N2O5/c1-4-5-6-14-25-24(29)26(2)21-9-7-8-19(15-21)20-11-10-18(12-13-23(27)28)22(16-20)31-17-30-3/h7-11,15-16H,4-6,12-14,17H2,1-3H3,(H,25,29)(H,27,28). The Morgan fingerprint density at radius 2 is 1.87 bits per heavy atom. The summed E-state index contributed by atoms with van der Waals surface area (Å²) in [6, 6.07) is 13.2. The molecule has 0 aliphatic rings. The van der Waals surface area contributed by atoms with E-state index in [1.54, 1.807) is 11.9 Å². The predicted octanol–water partition coefficient (Wildman–Crippen LogP) is 4.69. The van der Waals surface area contributed by atoms with E-state index >= 15 is 0 Å². The van der Waals surface area contributed by atoms with Gasteiger partial charge in [-0.05, 0) is 47.7 Å². The molecule has 7 heteroatoms. The number of nitrogens with one attached hydrogen (secondary N) is 1. The summed E-state index contributed by atoms with van der Waals surface area (Å²) in [7, 11) is 3.28. The van der Waals surface area contributed by atoms with Crippen LogP contribution >= 0.6 is 0 Å². The summed E-state index contributed by atoms with van der Waals surface area (Å²) in [5, 5.41) is 11.9. The Balaban J connectivity index is 2.20. The number of hydrogen-bond donors (Lipinski definition) is 2. The zero-order valence-electron chi connectivity index (χ0n) is 18.5. The summed E-state index contributed by atoms with van der Waals surface area (Å²) < 4.78 is 10.7. The highest BCUT2D eigenvalue weighted by Crippen LogP contribution is 2.30. The molecule has 168 valence electrons. The van der Waals surface area contributed by atoms with Crippen LogP contribution in [0.5, 0.6) is 5.75 Å². The zero-order chi connectivity index (χ0) is 22.6. The number of carboxylic acid groups (broad SMARTS) is 1. The summed E-state index contributed by atoms with van der Waals surface area (Å²) in [6.45, 7) is 2.86. The topological polar surface area (TPSA) is 88.1 Å². The van der Waals surface area contributed by atoms with Crippen molar-refractivity contribution in [2.45, 2.75) is 39.0 Å². The molecule has 0 aliphatic carbocycles. The van der Waals surface area contributed by atoms with Crippen LogP contribution in [-0.2, 0) is 16.0 Å². The van der Waals surface area contributed by atoms with Crippen LogP contribution in [0.4, 0.5) is 10.5 Å². The minimum absolute atomic E-state index is 0.0241. The summed E-state index contributed by atoms with van der Waals surface area (Å²) in [6.07, 6.45) is 3.56. The Hall–Kier alpha value is -3.06. The predicted molar refractivity (Wildman–Crippen MR) is 122 cm³/mol. The highest BCUT2D eigenvalue weighted by atomic mass is 16.7. The molecule has 0 radical (unpaired) electrons. The number of hydrogen-bond acceptors (Lipinski definition) is 4. The zero-order valence-corrected chi connectivity index (χ0v) is 18.5. The first-order chi connectivity index (χ1) is 15.0. The number of aryl methyl sites for hydroxylation is 1. The van der Waals surface area contributed by atoms with Crippen molar-refractivity contribution in [3.8, 4) is 16.9 Å². The van der Waals surface area contributed by atoms with Gasteiger partial charge in [-0.25, -0.2) is 4.79 Å². The summed E-state index contributed by atoms with van der Waals surface area (Å²) in [4.78, 5) is 25.0. The maximum atomic E-state index is 12.4. The largest absolute Gasteiger partial charge is 0.481 e. The molecule has 2 aromatic rings. The molecule has 2 amide bonds. The second-order valence-electron chi connectivity index (χ2n) is 7.32. The number of urea groups is 1. The molecule has 0 aliphatic heterocycles. The van der Waals surface area contributed by atoms with Crippen molar-refractivity contribution >= 4 is 17.7 Å². The fourth-order valence-electron chi connectivity index (χ4n) is 3.14. The average Bonchev–Trinajstić information content (AvgIpc) is 2.78. The minimum atomic E-state index is -0.856. The lowest BCUT2D eigenvalue weighted by atomic mass is 10.0. The molecule has 0 heterocycles. The third-order valence-corrected chi connectivity index (χ3v) is 4.94. The van der Waals surface area contributed by atoms with E-state index in [1.807, 2.05) is 42.5 Å². The third-order valence-electron chi connectivity index (χ3n) is 4.94. The number of rotatable bonds is 12. The van der Waals surface area contributed by atoms with Crippen LogP contribution in [0.25, 0.3) is 11.1 Å². The molecule has 31 heavy (non-hydrogen) atoms. The van der Waals surface area contributed by atoms with Crippen molar-refractivity contribution in [1.82, 2.24) is 5.32 Å². The SMILES string of the molecule is CCCCCNC(=O)N(C)c1cccc(-c2ccc(CCC(=O)O)c(OCOC)c2)c1. The number of benzene rings is 2. The molecule has 2 rings (SSSR count). The first-order valence-electron chi connectivity index (χ1n) is 10.5. The summed E-state index contributed by atoms with van der Waals surface area (Å²) in [5.41, 5.74) is 3.42. The number of unbranched alkanes of at least 4 members (excludes halogenated alkanes) is 2. The molecule has 7 nitrogen and oxygen atoms in total. The Morgan fingerprint density at radius 1 is 1.10 bits per heavy atom. The van der Waals surface area contributed by atoms with Crippen molar-refractivity contribution in [2.75, 3.05) is 32.4 Å². The van der Waals surface area contributed by atoms with E-state index in [9.17, 15) is 9.59 Å². The van der Waals surface area contributed by atoms with E-state index in [-0.39, 0.29) is 19.2 Å². The number of amides is 2. The van der Waals surface area contributed by atoms with Gasteiger partial charge >= 0.3 is 12.0 Å². The number of carbonyl (C=O) groups excluding carboxylic acids is 1. The van der Waals surface area contributed by atoms with Gasteiger partial charge in [0.15, 0.2) is 6.79 Å². The molecular weight excluding hydrogens is 396 g/mol. The van der Waals surface area contributed by atoms with E-state index in [4.69, 9.17) is 14.6 Å². The smallest absolute Gasteiger partial charge is 0.321 e. The van der Waals surface area contributed by atoms with Gasteiger partial charge in [-0.2, -0.15) is 0 Å². The Kier molecular flexibility index (Phi) is 9.84. The molecule has 0 aromatic heterocycles. The van der Waals surface area contributed by atoms with Crippen LogP contribution in [0, 0.1) is 0 Å². The number of aliphatic carboxylic acids is 1. The Morgan fingerprint density at radius 3 is 2.58 bits per heavy atom. The molecular formula is C24H32N2O5. The van der Waals surface area contributed by atoms with Gasteiger partial charge in [0.1, 0.15) is 5.75 Å². The van der Waals surface area contributed by atoms with Crippen LogP contribution in [0.2, 0.25) is 0 Å². The second-order valence-corrected chi connectivity index (χ2v) is 7.32. The van der Waals surface area contributed by atoms with Crippen molar-refractivity contribution in [1.29, 1.82) is 0 Å². The first-order valence-corrected chi connectivity index (χ1v) is 10.5. The van der Waals surface area contributed by atoms with Crippen molar-refractivity contribution in [3.05, 3.63) is 48.0 Å². The van der Waals surface area contributed by atoms with Gasteiger partial charge in [0.25, 0.3) is 0 Å². The molecule has 2 aromatic carbocycles. The summed E-state index contributed by atoms with van der Waals surface area (Å²) in [5.74, 6) is -0.265. The van der Waals surface area contributed by atoms with Crippen LogP contribution in [-0.4, -0.2) is 44.6 Å². The summed E-state index contributed by atoms with van der Waals surface area (Å²) >= 11 is 0.